The van der Waals surface area contributed by atoms with E-state index in [1.54, 1.807) is 0 Å². The summed E-state index contributed by atoms with van der Waals surface area (Å²) in [5.74, 6) is 0. The van der Waals surface area contributed by atoms with Crippen molar-refractivity contribution >= 4 is 81.7 Å². The van der Waals surface area contributed by atoms with E-state index in [4.69, 9.17) is 0 Å². The van der Waals surface area contributed by atoms with E-state index in [1.807, 2.05) is 0 Å². The van der Waals surface area contributed by atoms with Crippen LogP contribution < -0.4 is 9.80 Å². The standard InChI is InChI=1S/C74H56N2/c1-7-19-63(20-8-1)73(64-21-9-2-10-22-64)55-61-43-51-71(52-44-61)75(67-27-15-5-16-28-67)69-47-39-59(40-48-69)37-35-57-31-33-58(34-32-57)36-38-60-41-49-70(50-42-60)76(68-29-17-6-18-30-68)72-53-45-62(46-54-72)56-74(65-23-11-3-12-24-65)66-25-13-4-14-26-66/h1-56H/b37-35+,38-36?. The van der Waals surface area contributed by atoms with Crippen LogP contribution in [0.1, 0.15) is 55.6 Å². The molecule has 0 unspecified atom stereocenters. The first kappa shape index (κ1) is 48.3. The molecule has 76 heavy (non-hydrogen) atoms. The number of rotatable bonds is 16. The highest BCUT2D eigenvalue weighted by Gasteiger charge is 2.15. The van der Waals surface area contributed by atoms with Crippen LogP contribution in [0.3, 0.4) is 0 Å². The average molecular weight is 973 g/mol. The summed E-state index contributed by atoms with van der Waals surface area (Å²) in [6, 6.07) is 108. The Morgan fingerprint density at radius 3 is 0.605 bits per heavy atom. The SMILES string of the molecule is C(=Cc1ccc(N(c2ccccc2)c2ccc(C=C(c3ccccc3)c3ccccc3)cc2)cc1)c1ccc(/C=C/c2ccc(N(c3ccccc3)c3ccc(C=C(c4ccccc4)c4ccccc4)cc3)cc2)cc1. The molecule has 0 spiro atoms. The van der Waals surface area contributed by atoms with Crippen molar-refractivity contribution in [3.8, 4) is 0 Å². The quantitative estimate of drug-likeness (QED) is 0.0891. The van der Waals surface area contributed by atoms with Crippen LogP contribution in [0.2, 0.25) is 0 Å². The minimum atomic E-state index is 1.09. The lowest BCUT2D eigenvalue weighted by Crippen LogP contribution is -2.09. The molecule has 0 amide bonds. The van der Waals surface area contributed by atoms with Gasteiger partial charge < -0.3 is 9.80 Å². The largest absolute Gasteiger partial charge is 0.311 e. The third kappa shape index (κ3) is 11.9. The third-order valence-electron chi connectivity index (χ3n) is 13.5. The molecule has 362 valence electrons. The lowest BCUT2D eigenvalue weighted by atomic mass is 9.95. The number of anilines is 6. The Kier molecular flexibility index (Phi) is 15.0. The fraction of sp³-hybridized carbons (Fsp3) is 0. The normalized spacial score (nSPS) is 11.1. The molecular formula is C74H56N2. The van der Waals surface area contributed by atoms with Gasteiger partial charge in [-0.2, -0.15) is 0 Å². The summed E-state index contributed by atoms with van der Waals surface area (Å²) < 4.78 is 0. The summed E-state index contributed by atoms with van der Waals surface area (Å²) in [5.41, 5.74) is 20.6. The van der Waals surface area contributed by atoms with Gasteiger partial charge in [-0.05, 0) is 152 Å². The molecule has 0 radical (unpaired) electrons. The number of benzene rings is 11. The summed E-state index contributed by atoms with van der Waals surface area (Å²) in [4.78, 5) is 4.62. The Labute approximate surface area is 448 Å². The minimum Gasteiger partial charge on any atom is -0.311 e. The fourth-order valence-corrected chi connectivity index (χ4v) is 9.53. The smallest absolute Gasteiger partial charge is 0.0462 e. The van der Waals surface area contributed by atoms with Gasteiger partial charge >= 0.3 is 0 Å². The fourth-order valence-electron chi connectivity index (χ4n) is 9.53. The zero-order valence-corrected chi connectivity index (χ0v) is 42.2. The Morgan fingerprint density at radius 1 is 0.184 bits per heavy atom. The summed E-state index contributed by atoms with van der Waals surface area (Å²) in [6.07, 6.45) is 13.3. The zero-order valence-electron chi connectivity index (χ0n) is 42.2. The van der Waals surface area contributed by atoms with Crippen LogP contribution in [0.5, 0.6) is 0 Å². The van der Waals surface area contributed by atoms with Crippen molar-refractivity contribution in [3.63, 3.8) is 0 Å². The van der Waals surface area contributed by atoms with Gasteiger partial charge in [0.25, 0.3) is 0 Å². The molecule has 2 nitrogen and oxygen atoms in total. The van der Waals surface area contributed by atoms with Gasteiger partial charge in [-0.3, -0.25) is 0 Å². The minimum absolute atomic E-state index is 1.09. The molecule has 11 aromatic carbocycles. The molecule has 0 saturated carbocycles. The molecule has 0 atom stereocenters. The maximum absolute atomic E-state index is 2.31. The molecule has 0 saturated heterocycles. The highest BCUT2D eigenvalue weighted by Crippen LogP contribution is 2.38. The molecule has 0 fully saturated rings. The molecule has 2 heteroatoms. The van der Waals surface area contributed by atoms with Crippen molar-refractivity contribution < 1.29 is 0 Å². The lowest BCUT2D eigenvalue weighted by Gasteiger charge is -2.25. The predicted molar refractivity (Wildman–Crippen MR) is 326 cm³/mol. The van der Waals surface area contributed by atoms with E-state index in [9.17, 15) is 0 Å². The first-order chi connectivity index (χ1) is 37.7. The average Bonchev–Trinajstić information content (AvgIpc) is 3.50. The molecule has 0 aliphatic rings. The topological polar surface area (TPSA) is 6.48 Å². The highest BCUT2D eigenvalue weighted by atomic mass is 15.1. The van der Waals surface area contributed by atoms with E-state index in [0.29, 0.717) is 0 Å². The molecule has 0 aromatic heterocycles. The molecule has 0 bridgehead atoms. The van der Waals surface area contributed by atoms with Gasteiger partial charge in [0.05, 0.1) is 0 Å². The van der Waals surface area contributed by atoms with Crippen LogP contribution in [0, 0.1) is 0 Å². The van der Waals surface area contributed by atoms with Crippen LogP contribution in [0.25, 0.3) is 47.6 Å². The first-order valence-electron chi connectivity index (χ1n) is 25.9. The van der Waals surface area contributed by atoms with Gasteiger partial charge in [0.2, 0.25) is 0 Å². The molecule has 0 heterocycles. The monoisotopic (exact) mass is 972 g/mol. The number of para-hydroxylation sites is 2. The maximum Gasteiger partial charge on any atom is 0.0462 e. The van der Waals surface area contributed by atoms with Crippen molar-refractivity contribution in [1.29, 1.82) is 0 Å². The van der Waals surface area contributed by atoms with Crippen LogP contribution in [0.4, 0.5) is 34.1 Å². The zero-order chi connectivity index (χ0) is 51.1. The first-order valence-corrected chi connectivity index (χ1v) is 25.9. The van der Waals surface area contributed by atoms with E-state index in [2.05, 4.69) is 350 Å². The third-order valence-corrected chi connectivity index (χ3v) is 13.5. The predicted octanol–water partition coefficient (Wildman–Crippen LogP) is 20.1. The highest BCUT2D eigenvalue weighted by molar-refractivity contribution is 5.93. The van der Waals surface area contributed by atoms with Crippen molar-refractivity contribution in [2.75, 3.05) is 9.80 Å². The van der Waals surface area contributed by atoms with E-state index >= 15 is 0 Å². The van der Waals surface area contributed by atoms with Gasteiger partial charge in [0.15, 0.2) is 0 Å². The number of hydrogen-bond acceptors (Lipinski definition) is 2. The Balaban J connectivity index is 0.758. The second kappa shape index (κ2) is 23.7. The maximum atomic E-state index is 2.31. The summed E-state index contributed by atoms with van der Waals surface area (Å²) in [7, 11) is 0. The van der Waals surface area contributed by atoms with E-state index < -0.39 is 0 Å². The number of nitrogens with zero attached hydrogens (tertiary/aromatic N) is 2. The summed E-state index contributed by atoms with van der Waals surface area (Å²) in [5, 5.41) is 0. The van der Waals surface area contributed by atoms with Crippen LogP contribution in [0.15, 0.2) is 303 Å². The van der Waals surface area contributed by atoms with Crippen molar-refractivity contribution in [2.45, 2.75) is 0 Å². The van der Waals surface area contributed by atoms with Gasteiger partial charge in [-0.25, -0.2) is 0 Å². The second-order valence-electron chi connectivity index (χ2n) is 18.6. The molecule has 11 rings (SSSR count). The van der Waals surface area contributed by atoms with Gasteiger partial charge in [-0.1, -0.05) is 255 Å². The van der Waals surface area contributed by atoms with E-state index in [0.717, 1.165) is 67.5 Å². The molecule has 11 aromatic rings. The van der Waals surface area contributed by atoms with Crippen LogP contribution in [-0.2, 0) is 0 Å². The summed E-state index contributed by atoms with van der Waals surface area (Å²) >= 11 is 0. The van der Waals surface area contributed by atoms with E-state index in [-0.39, 0.29) is 0 Å². The van der Waals surface area contributed by atoms with Gasteiger partial charge in [-0.15, -0.1) is 0 Å². The van der Waals surface area contributed by atoms with Crippen molar-refractivity contribution in [2.24, 2.45) is 0 Å². The van der Waals surface area contributed by atoms with Gasteiger partial charge in [0.1, 0.15) is 0 Å². The molecule has 0 aliphatic heterocycles. The van der Waals surface area contributed by atoms with Gasteiger partial charge in [0, 0.05) is 34.1 Å². The van der Waals surface area contributed by atoms with Crippen molar-refractivity contribution in [1.82, 2.24) is 0 Å². The lowest BCUT2D eigenvalue weighted by molar-refractivity contribution is 1.28. The second-order valence-corrected chi connectivity index (χ2v) is 18.6. The Morgan fingerprint density at radius 2 is 0.368 bits per heavy atom. The molecular weight excluding hydrogens is 917 g/mol. The van der Waals surface area contributed by atoms with E-state index in [1.165, 1.54) is 33.4 Å². The Hall–Kier alpha value is -10.0. The Bertz CT molecular complexity index is 3360. The molecule has 0 aliphatic carbocycles. The molecule has 0 N–H and O–H groups in total. The van der Waals surface area contributed by atoms with Crippen LogP contribution >= 0.6 is 0 Å². The van der Waals surface area contributed by atoms with Crippen molar-refractivity contribution in [3.05, 3.63) is 359 Å². The van der Waals surface area contributed by atoms with Crippen LogP contribution in [-0.4, -0.2) is 0 Å². The summed E-state index contributed by atoms with van der Waals surface area (Å²) in [6.45, 7) is 0. The number of hydrogen-bond donors (Lipinski definition) is 0.